The largest absolute Gasteiger partial charge is 0.417 e. The molecule has 1 atom stereocenters. The summed E-state index contributed by atoms with van der Waals surface area (Å²) in [6, 6.07) is 4.86. The van der Waals surface area contributed by atoms with Crippen LogP contribution in [-0.4, -0.2) is 25.5 Å². The molecule has 0 aliphatic carbocycles. The summed E-state index contributed by atoms with van der Waals surface area (Å²) < 4.78 is 38.7. The number of rotatable bonds is 3. The molecule has 1 aromatic carbocycles. The number of carbonyl (C=O) groups excluding carboxylic acids is 1. The predicted octanol–water partition coefficient (Wildman–Crippen LogP) is 3.25. The van der Waals surface area contributed by atoms with Gasteiger partial charge in [0.05, 0.1) is 11.1 Å². The van der Waals surface area contributed by atoms with E-state index in [-0.39, 0.29) is 23.4 Å². The molecule has 0 radical (unpaired) electrons. The standard InChI is InChI=1S/C15H19F3N2O.ClH/c1-14(7-4-8-19-9-14)10-20-13(21)11-5-2-3-6-12(11)15(16,17)18;/h2-3,5-6,19H,4,7-10H2,1H3,(H,20,21);1H. The van der Waals surface area contributed by atoms with Gasteiger partial charge in [0, 0.05) is 13.1 Å². The van der Waals surface area contributed by atoms with Crippen LogP contribution in [0.25, 0.3) is 0 Å². The number of carbonyl (C=O) groups is 1. The van der Waals surface area contributed by atoms with Crippen molar-refractivity contribution < 1.29 is 18.0 Å². The van der Waals surface area contributed by atoms with Crippen LogP contribution >= 0.6 is 12.4 Å². The van der Waals surface area contributed by atoms with Crippen molar-refractivity contribution in [2.45, 2.75) is 25.9 Å². The van der Waals surface area contributed by atoms with E-state index in [2.05, 4.69) is 10.6 Å². The Bertz CT molecular complexity index is 514. The van der Waals surface area contributed by atoms with Crippen molar-refractivity contribution in [2.75, 3.05) is 19.6 Å². The summed E-state index contributed by atoms with van der Waals surface area (Å²) in [6.45, 7) is 4.09. The summed E-state index contributed by atoms with van der Waals surface area (Å²) in [6.07, 6.45) is -2.57. The Balaban J connectivity index is 0.00000242. The average Bonchev–Trinajstić information content (AvgIpc) is 2.45. The number of piperidine rings is 1. The molecule has 3 nitrogen and oxygen atoms in total. The maximum Gasteiger partial charge on any atom is 0.417 e. The van der Waals surface area contributed by atoms with E-state index < -0.39 is 17.6 Å². The third kappa shape index (κ3) is 4.61. The molecule has 1 fully saturated rings. The van der Waals surface area contributed by atoms with Gasteiger partial charge in [-0.3, -0.25) is 4.79 Å². The normalized spacial score (nSPS) is 21.8. The van der Waals surface area contributed by atoms with Crippen LogP contribution in [0.3, 0.4) is 0 Å². The first-order valence-corrected chi connectivity index (χ1v) is 6.97. The highest BCUT2D eigenvalue weighted by molar-refractivity contribution is 5.95. The van der Waals surface area contributed by atoms with Gasteiger partial charge in [-0.25, -0.2) is 0 Å². The fourth-order valence-corrected chi connectivity index (χ4v) is 2.59. The molecule has 0 bridgehead atoms. The van der Waals surface area contributed by atoms with Crippen LogP contribution in [0.5, 0.6) is 0 Å². The van der Waals surface area contributed by atoms with E-state index in [1.807, 2.05) is 6.92 Å². The molecule has 22 heavy (non-hydrogen) atoms. The van der Waals surface area contributed by atoms with E-state index in [0.717, 1.165) is 32.0 Å². The zero-order valence-corrected chi connectivity index (χ0v) is 13.1. The molecule has 1 saturated heterocycles. The maximum atomic E-state index is 12.9. The third-order valence-corrected chi connectivity index (χ3v) is 3.84. The molecule has 1 aliphatic heterocycles. The Morgan fingerprint density at radius 1 is 1.36 bits per heavy atom. The first-order valence-electron chi connectivity index (χ1n) is 6.97. The van der Waals surface area contributed by atoms with E-state index in [9.17, 15) is 18.0 Å². The average molecular weight is 337 g/mol. The molecule has 1 unspecified atom stereocenters. The Labute approximate surface area is 134 Å². The van der Waals surface area contributed by atoms with Crippen molar-refractivity contribution in [3.63, 3.8) is 0 Å². The van der Waals surface area contributed by atoms with Gasteiger partial charge < -0.3 is 10.6 Å². The zero-order valence-electron chi connectivity index (χ0n) is 12.3. The van der Waals surface area contributed by atoms with Gasteiger partial charge in [-0.15, -0.1) is 12.4 Å². The van der Waals surface area contributed by atoms with Crippen molar-refractivity contribution in [3.8, 4) is 0 Å². The van der Waals surface area contributed by atoms with E-state index in [1.165, 1.54) is 18.2 Å². The van der Waals surface area contributed by atoms with Crippen molar-refractivity contribution in [3.05, 3.63) is 35.4 Å². The number of alkyl halides is 3. The lowest BCUT2D eigenvalue weighted by molar-refractivity contribution is -0.137. The summed E-state index contributed by atoms with van der Waals surface area (Å²) in [4.78, 5) is 12.1. The quantitative estimate of drug-likeness (QED) is 0.889. The Morgan fingerprint density at radius 2 is 2.05 bits per heavy atom. The first-order chi connectivity index (χ1) is 9.82. The lowest BCUT2D eigenvalue weighted by Crippen LogP contribution is -2.45. The van der Waals surface area contributed by atoms with Gasteiger partial charge >= 0.3 is 6.18 Å². The molecule has 2 N–H and O–H groups in total. The number of hydrogen-bond acceptors (Lipinski definition) is 2. The summed E-state index contributed by atoms with van der Waals surface area (Å²) in [7, 11) is 0. The van der Waals surface area contributed by atoms with Crippen LogP contribution in [0.2, 0.25) is 0 Å². The monoisotopic (exact) mass is 336 g/mol. The molecule has 1 aliphatic rings. The molecule has 0 saturated carbocycles. The van der Waals surface area contributed by atoms with Crippen molar-refractivity contribution in [2.24, 2.45) is 5.41 Å². The molecule has 1 amide bonds. The second-order valence-corrected chi connectivity index (χ2v) is 5.82. The van der Waals surface area contributed by atoms with Crippen LogP contribution in [0.1, 0.15) is 35.7 Å². The molecule has 1 aromatic rings. The van der Waals surface area contributed by atoms with Gasteiger partial charge in [0.1, 0.15) is 0 Å². The zero-order chi connectivity index (χ0) is 15.5. The van der Waals surface area contributed by atoms with Crippen molar-refractivity contribution in [1.82, 2.24) is 10.6 Å². The van der Waals surface area contributed by atoms with Crippen LogP contribution in [-0.2, 0) is 6.18 Å². The molecule has 0 aromatic heterocycles. The lowest BCUT2D eigenvalue weighted by Gasteiger charge is -2.34. The Hall–Kier alpha value is -1.27. The van der Waals surface area contributed by atoms with E-state index in [4.69, 9.17) is 0 Å². The van der Waals surface area contributed by atoms with E-state index in [1.54, 1.807) is 0 Å². The smallest absolute Gasteiger partial charge is 0.351 e. The Kier molecular flexibility index (Phi) is 6.26. The van der Waals surface area contributed by atoms with Crippen molar-refractivity contribution >= 4 is 18.3 Å². The minimum atomic E-state index is -4.52. The fourth-order valence-electron chi connectivity index (χ4n) is 2.59. The topological polar surface area (TPSA) is 41.1 Å². The minimum Gasteiger partial charge on any atom is -0.351 e. The van der Waals surface area contributed by atoms with Crippen LogP contribution in [0.4, 0.5) is 13.2 Å². The minimum absolute atomic E-state index is 0. The number of amides is 1. The molecule has 0 spiro atoms. The molecule has 124 valence electrons. The second kappa shape index (κ2) is 7.33. The van der Waals surface area contributed by atoms with Crippen molar-refractivity contribution in [1.29, 1.82) is 0 Å². The van der Waals surface area contributed by atoms with E-state index in [0.29, 0.717) is 6.54 Å². The van der Waals surface area contributed by atoms with E-state index >= 15 is 0 Å². The molecule has 2 rings (SSSR count). The van der Waals surface area contributed by atoms with Crippen LogP contribution < -0.4 is 10.6 Å². The number of benzene rings is 1. The first kappa shape index (κ1) is 18.8. The van der Waals surface area contributed by atoms with Gasteiger partial charge in [-0.2, -0.15) is 13.2 Å². The molecule has 7 heteroatoms. The highest BCUT2D eigenvalue weighted by Crippen LogP contribution is 2.32. The fraction of sp³-hybridized carbons (Fsp3) is 0.533. The number of halogens is 4. The molecular weight excluding hydrogens is 317 g/mol. The summed E-state index contributed by atoms with van der Waals surface area (Å²) in [5.41, 5.74) is -1.33. The molecule has 1 heterocycles. The molecular formula is C15H20ClF3N2O. The summed E-state index contributed by atoms with van der Waals surface area (Å²) >= 11 is 0. The SMILES string of the molecule is CC1(CNC(=O)c2ccccc2C(F)(F)F)CCCNC1.Cl. The second-order valence-electron chi connectivity index (χ2n) is 5.82. The van der Waals surface area contributed by atoms with Gasteiger partial charge in [0.2, 0.25) is 0 Å². The maximum absolute atomic E-state index is 12.9. The summed E-state index contributed by atoms with van der Waals surface area (Å²) in [5.74, 6) is -0.672. The Morgan fingerprint density at radius 3 is 2.64 bits per heavy atom. The van der Waals surface area contributed by atoms with Gasteiger partial charge in [0.25, 0.3) is 5.91 Å². The summed E-state index contributed by atoms with van der Waals surface area (Å²) in [5, 5.41) is 5.89. The van der Waals surface area contributed by atoms with Crippen LogP contribution in [0, 0.1) is 5.41 Å². The number of nitrogens with one attached hydrogen (secondary N) is 2. The van der Waals surface area contributed by atoms with Gasteiger partial charge in [-0.05, 0) is 36.9 Å². The lowest BCUT2D eigenvalue weighted by atomic mass is 9.82. The predicted molar refractivity (Wildman–Crippen MR) is 81.2 cm³/mol. The van der Waals surface area contributed by atoms with Crippen LogP contribution in [0.15, 0.2) is 24.3 Å². The highest BCUT2D eigenvalue weighted by Gasteiger charge is 2.35. The highest BCUT2D eigenvalue weighted by atomic mass is 35.5. The van der Waals surface area contributed by atoms with Gasteiger partial charge in [0.15, 0.2) is 0 Å². The third-order valence-electron chi connectivity index (χ3n) is 3.84. The number of hydrogen-bond donors (Lipinski definition) is 2. The van der Waals surface area contributed by atoms with Gasteiger partial charge in [-0.1, -0.05) is 19.1 Å².